The Labute approximate surface area is 97.9 Å². The number of carbonyl (C=O) groups is 2. The van der Waals surface area contributed by atoms with Gasteiger partial charge >= 0.3 is 5.97 Å². The lowest BCUT2D eigenvalue weighted by Crippen LogP contribution is -2.33. The standard InChI is InChI=1S/C9H16INO3/c1-7(12)11-6-9(4-3-5-10)14-8(2)13/h9H,3-6H2,1-2H3,(H,11,12). The molecule has 1 unspecified atom stereocenters. The van der Waals surface area contributed by atoms with Crippen molar-refractivity contribution in [3.8, 4) is 0 Å². The third kappa shape index (κ3) is 8.28. The van der Waals surface area contributed by atoms with Gasteiger partial charge in [0.05, 0.1) is 6.54 Å². The molecule has 0 spiro atoms. The number of nitrogens with one attached hydrogen (secondary N) is 1. The summed E-state index contributed by atoms with van der Waals surface area (Å²) in [5, 5.41) is 2.64. The van der Waals surface area contributed by atoms with E-state index in [4.69, 9.17) is 4.74 Å². The highest BCUT2D eigenvalue weighted by Gasteiger charge is 2.11. The predicted molar refractivity (Wildman–Crippen MR) is 62.4 cm³/mol. The maximum Gasteiger partial charge on any atom is 0.302 e. The first-order valence-electron chi connectivity index (χ1n) is 4.54. The molecule has 0 rings (SSSR count). The summed E-state index contributed by atoms with van der Waals surface area (Å²) in [5.41, 5.74) is 0. The molecule has 0 aliphatic carbocycles. The van der Waals surface area contributed by atoms with Gasteiger partial charge in [0, 0.05) is 13.8 Å². The van der Waals surface area contributed by atoms with E-state index in [2.05, 4.69) is 27.9 Å². The summed E-state index contributed by atoms with van der Waals surface area (Å²) < 4.78 is 6.07. The lowest BCUT2D eigenvalue weighted by molar-refractivity contribution is -0.147. The van der Waals surface area contributed by atoms with Crippen LogP contribution in [0.25, 0.3) is 0 Å². The van der Waals surface area contributed by atoms with E-state index in [9.17, 15) is 9.59 Å². The quantitative estimate of drug-likeness (QED) is 0.456. The zero-order chi connectivity index (χ0) is 11.0. The van der Waals surface area contributed by atoms with Crippen molar-refractivity contribution in [2.75, 3.05) is 11.0 Å². The van der Waals surface area contributed by atoms with Crippen molar-refractivity contribution in [3.63, 3.8) is 0 Å². The largest absolute Gasteiger partial charge is 0.461 e. The van der Waals surface area contributed by atoms with Gasteiger partial charge in [-0.05, 0) is 17.3 Å². The molecule has 0 bridgehead atoms. The highest BCUT2D eigenvalue weighted by molar-refractivity contribution is 14.1. The third-order valence-electron chi connectivity index (χ3n) is 1.57. The van der Waals surface area contributed by atoms with E-state index in [1.165, 1.54) is 13.8 Å². The van der Waals surface area contributed by atoms with E-state index < -0.39 is 0 Å². The van der Waals surface area contributed by atoms with Crippen molar-refractivity contribution in [3.05, 3.63) is 0 Å². The first-order valence-corrected chi connectivity index (χ1v) is 6.06. The summed E-state index contributed by atoms with van der Waals surface area (Å²) >= 11 is 2.27. The molecule has 0 saturated carbocycles. The molecule has 0 aromatic carbocycles. The molecule has 1 atom stereocenters. The summed E-state index contributed by atoms with van der Waals surface area (Å²) in [7, 11) is 0. The van der Waals surface area contributed by atoms with E-state index in [0.29, 0.717) is 6.54 Å². The van der Waals surface area contributed by atoms with Crippen molar-refractivity contribution in [1.82, 2.24) is 5.32 Å². The molecule has 0 heterocycles. The second-order valence-electron chi connectivity index (χ2n) is 3.00. The van der Waals surface area contributed by atoms with Crippen molar-refractivity contribution in [2.45, 2.75) is 32.8 Å². The maximum atomic E-state index is 10.7. The number of rotatable bonds is 6. The summed E-state index contributed by atoms with van der Waals surface area (Å²) in [6.07, 6.45) is 1.59. The van der Waals surface area contributed by atoms with Gasteiger partial charge in [-0.2, -0.15) is 0 Å². The molecule has 0 aromatic rings. The van der Waals surface area contributed by atoms with E-state index >= 15 is 0 Å². The number of halogens is 1. The van der Waals surface area contributed by atoms with Crippen LogP contribution in [-0.2, 0) is 14.3 Å². The Balaban J connectivity index is 3.83. The monoisotopic (exact) mass is 313 g/mol. The molecule has 1 amide bonds. The number of amides is 1. The smallest absolute Gasteiger partial charge is 0.302 e. The lowest BCUT2D eigenvalue weighted by Gasteiger charge is -2.16. The molecule has 4 nitrogen and oxygen atoms in total. The fourth-order valence-electron chi connectivity index (χ4n) is 1.000. The van der Waals surface area contributed by atoms with Crippen molar-refractivity contribution >= 4 is 34.5 Å². The van der Waals surface area contributed by atoms with Crippen LogP contribution in [-0.4, -0.2) is 29.0 Å². The summed E-state index contributed by atoms with van der Waals surface area (Å²) in [6, 6.07) is 0. The SMILES string of the molecule is CC(=O)NCC(CCCI)OC(C)=O. The van der Waals surface area contributed by atoms with Crippen LogP contribution in [0.15, 0.2) is 0 Å². The minimum Gasteiger partial charge on any atom is -0.461 e. The third-order valence-corrected chi connectivity index (χ3v) is 2.33. The van der Waals surface area contributed by atoms with Crippen LogP contribution in [0.4, 0.5) is 0 Å². The topological polar surface area (TPSA) is 55.4 Å². The van der Waals surface area contributed by atoms with E-state index in [1.807, 2.05) is 0 Å². The van der Waals surface area contributed by atoms with Gasteiger partial charge in [-0.15, -0.1) is 0 Å². The summed E-state index contributed by atoms with van der Waals surface area (Å²) in [4.78, 5) is 21.4. The number of carbonyl (C=O) groups excluding carboxylic acids is 2. The zero-order valence-corrected chi connectivity index (χ0v) is 10.7. The molecule has 14 heavy (non-hydrogen) atoms. The average Bonchev–Trinajstić information content (AvgIpc) is 2.09. The summed E-state index contributed by atoms with van der Waals surface area (Å²) in [5.74, 6) is -0.398. The van der Waals surface area contributed by atoms with E-state index in [1.54, 1.807) is 0 Å². The Hall–Kier alpha value is -0.330. The van der Waals surface area contributed by atoms with Gasteiger partial charge in [-0.3, -0.25) is 9.59 Å². The molecule has 0 aliphatic rings. The zero-order valence-electron chi connectivity index (χ0n) is 8.51. The number of ether oxygens (including phenoxy) is 1. The van der Waals surface area contributed by atoms with Crippen molar-refractivity contribution in [2.24, 2.45) is 0 Å². The van der Waals surface area contributed by atoms with E-state index in [-0.39, 0.29) is 18.0 Å². The molecule has 0 aromatic heterocycles. The Morgan fingerprint density at radius 2 is 2.07 bits per heavy atom. The van der Waals surface area contributed by atoms with Crippen molar-refractivity contribution in [1.29, 1.82) is 0 Å². The summed E-state index contributed by atoms with van der Waals surface area (Å²) in [6.45, 7) is 3.24. The molecule has 1 N–H and O–H groups in total. The number of hydrogen-bond donors (Lipinski definition) is 1. The Morgan fingerprint density at radius 1 is 1.43 bits per heavy atom. The predicted octanol–water partition coefficient (Wildman–Crippen LogP) is 1.27. The highest BCUT2D eigenvalue weighted by Crippen LogP contribution is 2.04. The Kier molecular flexibility index (Phi) is 7.83. The normalized spacial score (nSPS) is 11.9. The van der Waals surface area contributed by atoms with E-state index in [0.717, 1.165) is 17.3 Å². The Morgan fingerprint density at radius 3 is 2.50 bits per heavy atom. The van der Waals surface area contributed by atoms with Crippen LogP contribution >= 0.6 is 22.6 Å². The van der Waals surface area contributed by atoms with Crippen LogP contribution in [0.5, 0.6) is 0 Å². The molecular formula is C9H16INO3. The van der Waals surface area contributed by atoms with Gasteiger partial charge < -0.3 is 10.1 Å². The van der Waals surface area contributed by atoms with Crippen LogP contribution in [0.1, 0.15) is 26.7 Å². The molecule has 5 heteroatoms. The highest BCUT2D eigenvalue weighted by atomic mass is 127. The van der Waals surface area contributed by atoms with Crippen molar-refractivity contribution < 1.29 is 14.3 Å². The minimum absolute atomic E-state index is 0.100. The number of alkyl halides is 1. The molecule has 0 fully saturated rings. The molecule has 0 aliphatic heterocycles. The minimum atomic E-state index is -0.297. The number of hydrogen-bond acceptors (Lipinski definition) is 3. The lowest BCUT2D eigenvalue weighted by atomic mass is 10.2. The Bertz CT molecular complexity index is 196. The van der Waals surface area contributed by atoms with Crippen LogP contribution in [0.2, 0.25) is 0 Å². The first-order chi connectivity index (χ1) is 6.56. The van der Waals surface area contributed by atoms with Gasteiger partial charge in [-0.1, -0.05) is 22.6 Å². The molecule has 82 valence electrons. The van der Waals surface area contributed by atoms with Crippen LogP contribution in [0.3, 0.4) is 0 Å². The van der Waals surface area contributed by atoms with Gasteiger partial charge in [0.1, 0.15) is 6.10 Å². The molecule has 0 radical (unpaired) electrons. The molecule has 0 saturated heterocycles. The van der Waals surface area contributed by atoms with Gasteiger partial charge in [0.2, 0.25) is 5.91 Å². The fourth-order valence-corrected chi connectivity index (χ4v) is 1.44. The first kappa shape index (κ1) is 13.7. The maximum absolute atomic E-state index is 10.7. The number of esters is 1. The van der Waals surface area contributed by atoms with Gasteiger partial charge in [0.15, 0.2) is 0 Å². The van der Waals surface area contributed by atoms with Crippen LogP contribution < -0.4 is 5.32 Å². The van der Waals surface area contributed by atoms with Gasteiger partial charge in [0.25, 0.3) is 0 Å². The average molecular weight is 313 g/mol. The second kappa shape index (κ2) is 8.02. The van der Waals surface area contributed by atoms with Gasteiger partial charge in [-0.25, -0.2) is 0 Å². The second-order valence-corrected chi connectivity index (χ2v) is 4.08. The van der Waals surface area contributed by atoms with Crippen LogP contribution in [0, 0.1) is 0 Å². The fraction of sp³-hybridized carbons (Fsp3) is 0.778. The molecular weight excluding hydrogens is 297 g/mol.